The number of carbonyl (C=O) groups excluding carboxylic acids is 1. The summed E-state index contributed by atoms with van der Waals surface area (Å²) in [5.74, 6) is -0.0218. The number of aliphatic carboxylic acids is 1. The third kappa shape index (κ3) is 2.31. The van der Waals surface area contributed by atoms with Gasteiger partial charge in [-0.15, -0.1) is 0 Å². The summed E-state index contributed by atoms with van der Waals surface area (Å²) in [7, 11) is 0. The van der Waals surface area contributed by atoms with E-state index in [1.54, 1.807) is 0 Å². The Kier molecular flexibility index (Phi) is 3.85. The monoisotopic (exact) mass is 356 g/mol. The number of allylic oxidation sites excluding steroid dienone is 6. The van der Waals surface area contributed by atoms with Crippen LogP contribution in [0.4, 0.5) is 0 Å². The minimum absolute atomic E-state index is 0.0165. The van der Waals surface area contributed by atoms with Crippen molar-refractivity contribution in [1.82, 2.24) is 0 Å². The van der Waals surface area contributed by atoms with Crippen LogP contribution in [0.5, 0.6) is 0 Å². The minimum atomic E-state index is -0.911. The molecular weight excluding hydrogens is 328 g/mol. The van der Waals surface area contributed by atoms with Gasteiger partial charge in [-0.25, -0.2) is 0 Å². The fourth-order valence-electron chi connectivity index (χ4n) is 6.16. The van der Waals surface area contributed by atoms with Crippen molar-refractivity contribution < 1.29 is 19.8 Å². The second-order valence-electron chi connectivity index (χ2n) is 9.13. The second kappa shape index (κ2) is 5.66. The first-order valence-electron chi connectivity index (χ1n) is 9.78. The molecule has 4 aliphatic carbocycles. The summed E-state index contributed by atoms with van der Waals surface area (Å²) in [5.41, 5.74) is 1.26. The highest BCUT2D eigenvalue weighted by molar-refractivity contribution is 5.92. The average Bonchev–Trinajstić information content (AvgIpc) is 2.86. The highest BCUT2D eigenvalue weighted by atomic mass is 16.4. The molecule has 4 heteroatoms. The van der Waals surface area contributed by atoms with Crippen LogP contribution in [0.3, 0.4) is 0 Å². The maximum absolute atomic E-state index is 11.9. The van der Waals surface area contributed by atoms with Crippen molar-refractivity contribution in [2.45, 2.75) is 64.4 Å². The zero-order chi connectivity index (χ0) is 18.7. The predicted octanol–water partition coefficient (Wildman–Crippen LogP) is 3.81. The SMILES string of the molecule is CC12CCC(=O)C=C1C=C[C@@H]1C2=CC[C@@]2(C)[C@H]1CC[C@]2(O)CCC(=O)O. The van der Waals surface area contributed by atoms with Gasteiger partial charge in [-0.3, -0.25) is 9.59 Å². The van der Waals surface area contributed by atoms with Gasteiger partial charge in [0.1, 0.15) is 0 Å². The van der Waals surface area contributed by atoms with Gasteiger partial charge >= 0.3 is 5.97 Å². The maximum Gasteiger partial charge on any atom is 0.303 e. The number of aliphatic hydroxyl groups is 1. The highest BCUT2D eigenvalue weighted by Crippen LogP contribution is 2.64. The van der Waals surface area contributed by atoms with Gasteiger partial charge in [0.15, 0.2) is 5.78 Å². The summed E-state index contributed by atoms with van der Waals surface area (Å²) < 4.78 is 0. The van der Waals surface area contributed by atoms with Crippen LogP contribution in [0.1, 0.15) is 58.8 Å². The number of carboxylic acid groups (broad SMARTS) is 1. The van der Waals surface area contributed by atoms with Crippen molar-refractivity contribution in [3.8, 4) is 0 Å². The fraction of sp³-hybridized carbons (Fsp3) is 0.636. The molecule has 0 heterocycles. The lowest BCUT2D eigenvalue weighted by Crippen LogP contribution is -2.50. The normalized spacial score (nSPS) is 43.9. The van der Waals surface area contributed by atoms with Crippen molar-refractivity contribution in [2.75, 3.05) is 0 Å². The van der Waals surface area contributed by atoms with Crippen molar-refractivity contribution in [3.05, 3.63) is 35.5 Å². The molecule has 0 bridgehead atoms. The molecule has 0 aromatic rings. The first kappa shape index (κ1) is 17.7. The molecule has 1 saturated carbocycles. The molecule has 1 fully saturated rings. The molecule has 5 atom stereocenters. The molecule has 1 unspecified atom stereocenters. The zero-order valence-electron chi connectivity index (χ0n) is 15.6. The van der Waals surface area contributed by atoms with Gasteiger partial charge in [0, 0.05) is 29.6 Å². The van der Waals surface area contributed by atoms with Gasteiger partial charge in [-0.05, 0) is 49.7 Å². The first-order valence-corrected chi connectivity index (χ1v) is 9.78. The molecule has 0 aliphatic heterocycles. The molecule has 0 spiro atoms. The van der Waals surface area contributed by atoms with E-state index < -0.39 is 11.6 Å². The Hall–Kier alpha value is -1.68. The number of ketones is 1. The van der Waals surface area contributed by atoms with E-state index in [0.717, 1.165) is 24.8 Å². The Morgan fingerprint density at radius 3 is 2.81 bits per heavy atom. The van der Waals surface area contributed by atoms with Gasteiger partial charge in [-0.1, -0.05) is 37.6 Å². The Bertz CT molecular complexity index is 760. The summed E-state index contributed by atoms with van der Waals surface area (Å²) in [5, 5.41) is 20.4. The standard InChI is InChI=1S/C22H28O4/c1-20-9-5-15(23)13-14(20)3-4-16-17(20)6-10-21(2)18(16)7-11-22(21,26)12-8-19(24)25/h3-4,6,13,16,18,26H,5,7-12H2,1-2H3,(H,24,25)/t16-,18+,20?,21+,22+/m1/s1. The Morgan fingerprint density at radius 1 is 1.31 bits per heavy atom. The maximum atomic E-state index is 11.9. The van der Waals surface area contributed by atoms with Crippen molar-refractivity contribution >= 4 is 11.8 Å². The topological polar surface area (TPSA) is 74.6 Å². The molecule has 26 heavy (non-hydrogen) atoms. The van der Waals surface area contributed by atoms with Crippen LogP contribution in [0, 0.1) is 22.7 Å². The van der Waals surface area contributed by atoms with Gasteiger partial charge in [0.2, 0.25) is 0 Å². The number of carbonyl (C=O) groups is 2. The van der Waals surface area contributed by atoms with Crippen molar-refractivity contribution in [1.29, 1.82) is 0 Å². The molecule has 0 aromatic carbocycles. The minimum Gasteiger partial charge on any atom is -0.481 e. The molecule has 0 saturated heterocycles. The van der Waals surface area contributed by atoms with E-state index in [1.165, 1.54) is 5.57 Å². The van der Waals surface area contributed by atoms with E-state index in [9.17, 15) is 14.7 Å². The van der Waals surface area contributed by atoms with Gasteiger partial charge < -0.3 is 10.2 Å². The smallest absolute Gasteiger partial charge is 0.303 e. The molecule has 4 aliphatic rings. The predicted molar refractivity (Wildman–Crippen MR) is 98.4 cm³/mol. The van der Waals surface area contributed by atoms with E-state index in [2.05, 4.69) is 32.1 Å². The second-order valence-corrected chi connectivity index (χ2v) is 9.13. The molecular formula is C22H28O4. The van der Waals surface area contributed by atoms with Gasteiger partial charge in [-0.2, -0.15) is 0 Å². The van der Waals surface area contributed by atoms with Crippen LogP contribution >= 0.6 is 0 Å². The Morgan fingerprint density at radius 2 is 2.08 bits per heavy atom. The summed E-state index contributed by atoms with van der Waals surface area (Å²) in [6.45, 7) is 4.40. The van der Waals surface area contributed by atoms with Crippen LogP contribution in [-0.2, 0) is 9.59 Å². The van der Waals surface area contributed by atoms with Crippen molar-refractivity contribution in [2.24, 2.45) is 22.7 Å². The van der Waals surface area contributed by atoms with E-state index in [4.69, 9.17) is 5.11 Å². The molecule has 0 aromatic heterocycles. The average molecular weight is 356 g/mol. The molecule has 0 amide bonds. The third-order valence-electron chi connectivity index (χ3n) is 7.99. The quantitative estimate of drug-likeness (QED) is 0.754. The number of carboxylic acids is 1. The summed E-state index contributed by atoms with van der Waals surface area (Å²) in [6, 6.07) is 0. The lowest BCUT2D eigenvalue weighted by atomic mass is 9.52. The molecule has 140 valence electrons. The van der Waals surface area contributed by atoms with Crippen molar-refractivity contribution in [3.63, 3.8) is 0 Å². The first-order chi connectivity index (χ1) is 12.2. The van der Waals surface area contributed by atoms with E-state index in [1.807, 2.05) is 6.08 Å². The molecule has 4 rings (SSSR count). The van der Waals surface area contributed by atoms with Crippen LogP contribution in [-0.4, -0.2) is 27.6 Å². The number of hydrogen-bond acceptors (Lipinski definition) is 3. The van der Waals surface area contributed by atoms with Crippen LogP contribution < -0.4 is 0 Å². The largest absolute Gasteiger partial charge is 0.481 e. The third-order valence-corrected chi connectivity index (χ3v) is 7.99. The van der Waals surface area contributed by atoms with E-state index in [0.29, 0.717) is 25.2 Å². The Balaban J connectivity index is 1.70. The number of fused-ring (bicyclic) bond motifs is 5. The lowest BCUT2D eigenvalue weighted by molar-refractivity contribution is -0.141. The summed E-state index contributed by atoms with van der Waals surface area (Å²) >= 11 is 0. The van der Waals surface area contributed by atoms with Crippen LogP contribution in [0.25, 0.3) is 0 Å². The highest BCUT2D eigenvalue weighted by Gasteiger charge is 2.60. The Labute approximate surface area is 154 Å². The van der Waals surface area contributed by atoms with E-state index >= 15 is 0 Å². The lowest BCUT2D eigenvalue weighted by Gasteiger charge is -2.53. The molecule has 0 radical (unpaired) electrons. The number of rotatable bonds is 3. The van der Waals surface area contributed by atoms with Gasteiger partial charge in [0.05, 0.1) is 5.60 Å². The zero-order valence-corrected chi connectivity index (χ0v) is 15.6. The van der Waals surface area contributed by atoms with Crippen LogP contribution in [0.2, 0.25) is 0 Å². The number of hydrogen-bond donors (Lipinski definition) is 2. The van der Waals surface area contributed by atoms with Gasteiger partial charge in [0.25, 0.3) is 0 Å². The molecule has 4 nitrogen and oxygen atoms in total. The summed E-state index contributed by atoms with van der Waals surface area (Å²) in [4.78, 5) is 22.9. The molecule has 2 N–H and O–H groups in total. The fourth-order valence-corrected chi connectivity index (χ4v) is 6.16. The van der Waals surface area contributed by atoms with E-state index in [-0.39, 0.29) is 29.0 Å². The van der Waals surface area contributed by atoms with Crippen LogP contribution in [0.15, 0.2) is 35.5 Å². The summed E-state index contributed by atoms with van der Waals surface area (Å²) in [6.07, 6.45) is 12.6.